The van der Waals surface area contributed by atoms with Gasteiger partial charge in [0.05, 0.1) is 6.10 Å². The Kier molecular flexibility index (Phi) is 5.01. The maximum absolute atomic E-state index is 10.4. The van der Waals surface area contributed by atoms with Crippen molar-refractivity contribution in [2.75, 3.05) is 6.61 Å². The Morgan fingerprint density at radius 3 is 2.31 bits per heavy atom. The summed E-state index contributed by atoms with van der Waals surface area (Å²) in [6.45, 7) is 10.2. The molecule has 10 atom stereocenters. The summed E-state index contributed by atoms with van der Waals surface area (Å²) in [4.78, 5) is 0. The molecule has 150 valence electrons. The molecule has 4 saturated carbocycles. The summed E-state index contributed by atoms with van der Waals surface area (Å²) in [5.74, 6) is 5.38. The molecule has 2 N–H and O–H groups in total. The van der Waals surface area contributed by atoms with Crippen molar-refractivity contribution in [3.63, 3.8) is 0 Å². The quantitative estimate of drug-likeness (QED) is 0.718. The van der Waals surface area contributed by atoms with E-state index in [9.17, 15) is 10.2 Å². The van der Waals surface area contributed by atoms with Gasteiger partial charge < -0.3 is 10.2 Å². The van der Waals surface area contributed by atoms with E-state index in [0.29, 0.717) is 23.4 Å². The molecule has 0 amide bonds. The summed E-state index contributed by atoms with van der Waals surface area (Å²) in [6, 6.07) is 0. The third-order valence-electron chi connectivity index (χ3n) is 10.4. The maximum Gasteiger partial charge on any atom is 0.0543 e. The minimum Gasteiger partial charge on any atom is -0.396 e. The lowest BCUT2D eigenvalue weighted by Crippen LogP contribution is -2.56. The van der Waals surface area contributed by atoms with Gasteiger partial charge in [0.1, 0.15) is 0 Å². The van der Waals surface area contributed by atoms with Crippen LogP contribution in [0.1, 0.15) is 85.5 Å². The first-order chi connectivity index (χ1) is 12.3. The van der Waals surface area contributed by atoms with Gasteiger partial charge in [-0.15, -0.1) is 0 Å². The summed E-state index contributed by atoms with van der Waals surface area (Å²) in [5, 5.41) is 20.2. The van der Waals surface area contributed by atoms with E-state index in [-0.39, 0.29) is 6.10 Å². The summed E-state index contributed by atoms with van der Waals surface area (Å²) < 4.78 is 0. The number of aliphatic hydroxyl groups is 2. The Labute approximate surface area is 161 Å². The fraction of sp³-hybridized carbons (Fsp3) is 1.00. The standard InChI is InChI=1S/C24H42O2/c1-5-16-12-18-20-7-6-19(15(2)14-25)23(20,3)11-9-21(18)24(4)10-8-17(26)13-22(16)24/h15-22,25-26H,5-14H2,1-4H3/t15-,16+,17-,18?,19-,20?,21?,22?,23?,24-/m1/s1. The summed E-state index contributed by atoms with van der Waals surface area (Å²) >= 11 is 0. The fourth-order valence-corrected chi connectivity index (χ4v) is 9.04. The minimum absolute atomic E-state index is 0.0474. The summed E-state index contributed by atoms with van der Waals surface area (Å²) in [6.07, 6.45) is 11.5. The smallest absolute Gasteiger partial charge is 0.0543 e. The van der Waals surface area contributed by atoms with Crippen molar-refractivity contribution in [3.05, 3.63) is 0 Å². The van der Waals surface area contributed by atoms with Crippen molar-refractivity contribution >= 4 is 0 Å². The molecule has 5 unspecified atom stereocenters. The largest absolute Gasteiger partial charge is 0.396 e. The van der Waals surface area contributed by atoms with Crippen LogP contribution < -0.4 is 0 Å². The Morgan fingerprint density at radius 2 is 1.62 bits per heavy atom. The van der Waals surface area contributed by atoms with E-state index in [4.69, 9.17) is 0 Å². The van der Waals surface area contributed by atoms with Gasteiger partial charge in [-0.25, -0.2) is 0 Å². The van der Waals surface area contributed by atoms with Crippen LogP contribution in [0.25, 0.3) is 0 Å². The lowest BCUT2D eigenvalue weighted by Gasteiger charge is -2.63. The van der Waals surface area contributed by atoms with Gasteiger partial charge in [-0.05, 0) is 104 Å². The molecule has 2 heteroatoms. The Bertz CT molecular complexity index is 518. The summed E-state index contributed by atoms with van der Waals surface area (Å²) in [5.41, 5.74) is 0.920. The van der Waals surface area contributed by atoms with E-state index in [0.717, 1.165) is 48.3 Å². The first kappa shape index (κ1) is 19.2. The van der Waals surface area contributed by atoms with Crippen LogP contribution in [-0.2, 0) is 0 Å². The molecule has 4 aliphatic rings. The highest BCUT2D eigenvalue weighted by atomic mass is 16.3. The Balaban J connectivity index is 1.64. The van der Waals surface area contributed by atoms with Crippen molar-refractivity contribution in [1.82, 2.24) is 0 Å². The van der Waals surface area contributed by atoms with Crippen LogP contribution in [0.15, 0.2) is 0 Å². The van der Waals surface area contributed by atoms with E-state index < -0.39 is 0 Å². The van der Waals surface area contributed by atoms with Gasteiger partial charge in [0.2, 0.25) is 0 Å². The normalized spacial score (nSPS) is 54.9. The predicted octanol–water partition coefficient (Wildman–Crippen LogP) is 5.27. The van der Waals surface area contributed by atoms with Crippen molar-refractivity contribution in [1.29, 1.82) is 0 Å². The second kappa shape index (κ2) is 6.76. The van der Waals surface area contributed by atoms with Gasteiger partial charge in [0.25, 0.3) is 0 Å². The first-order valence-corrected chi connectivity index (χ1v) is 11.6. The number of hydrogen-bond acceptors (Lipinski definition) is 2. The topological polar surface area (TPSA) is 40.5 Å². The van der Waals surface area contributed by atoms with Crippen LogP contribution in [0.2, 0.25) is 0 Å². The van der Waals surface area contributed by atoms with Crippen molar-refractivity contribution < 1.29 is 10.2 Å². The number of aliphatic hydroxyl groups excluding tert-OH is 2. The molecule has 4 fully saturated rings. The Hall–Kier alpha value is -0.0800. The molecule has 4 aliphatic carbocycles. The van der Waals surface area contributed by atoms with E-state index in [1.807, 2.05) is 0 Å². The molecule has 0 spiro atoms. The van der Waals surface area contributed by atoms with Gasteiger partial charge >= 0.3 is 0 Å². The molecule has 0 saturated heterocycles. The highest BCUT2D eigenvalue weighted by Crippen LogP contribution is 2.69. The predicted molar refractivity (Wildman–Crippen MR) is 107 cm³/mol. The summed E-state index contributed by atoms with van der Waals surface area (Å²) in [7, 11) is 0. The zero-order valence-electron chi connectivity index (χ0n) is 17.6. The van der Waals surface area contributed by atoms with Crippen LogP contribution in [0.3, 0.4) is 0 Å². The van der Waals surface area contributed by atoms with Crippen molar-refractivity contribution in [2.24, 2.45) is 52.3 Å². The number of fused-ring (bicyclic) bond motifs is 5. The van der Waals surface area contributed by atoms with Crippen LogP contribution in [0, 0.1) is 52.3 Å². The molecular formula is C24H42O2. The highest BCUT2D eigenvalue weighted by Gasteiger charge is 2.62. The van der Waals surface area contributed by atoms with Crippen LogP contribution in [0.4, 0.5) is 0 Å². The van der Waals surface area contributed by atoms with Gasteiger partial charge in [-0.3, -0.25) is 0 Å². The zero-order chi connectivity index (χ0) is 18.7. The number of rotatable bonds is 3. The van der Waals surface area contributed by atoms with Crippen molar-refractivity contribution in [3.8, 4) is 0 Å². The molecule has 0 radical (unpaired) electrons. The molecule has 26 heavy (non-hydrogen) atoms. The molecule has 4 rings (SSSR count). The molecular weight excluding hydrogens is 320 g/mol. The second-order valence-electron chi connectivity index (χ2n) is 11.2. The van der Waals surface area contributed by atoms with Gasteiger partial charge in [0.15, 0.2) is 0 Å². The molecule has 0 bridgehead atoms. The lowest BCUT2D eigenvalue weighted by molar-refractivity contribution is -0.153. The Morgan fingerprint density at radius 1 is 0.923 bits per heavy atom. The SMILES string of the molecule is CC[C@H]1CC2C3CC[C@H]([C@H](C)CO)C3(C)CCC2[C@@]2(C)CC[C@@H](O)CC12. The molecule has 0 aromatic heterocycles. The maximum atomic E-state index is 10.4. The van der Waals surface area contributed by atoms with Gasteiger partial charge in [0, 0.05) is 6.61 Å². The third kappa shape index (κ3) is 2.65. The zero-order valence-corrected chi connectivity index (χ0v) is 17.6. The van der Waals surface area contributed by atoms with E-state index in [2.05, 4.69) is 27.7 Å². The molecule has 0 heterocycles. The average Bonchev–Trinajstić information content (AvgIpc) is 2.98. The first-order valence-electron chi connectivity index (χ1n) is 11.6. The van der Waals surface area contributed by atoms with E-state index in [1.165, 1.54) is 44.9 Å². The lowest BCUT2D eigenvalue weighted by atomic mass is 9.42. The second-order valence-corrected chi connectivity index (χ2v) is 11.2. The minimum atomic E-state index is -0.0474. The molecule has 0 aromatic carbocycles. The van der Waals surface area contributed by atoms with Crippen molar-refractivity contribution in [2.45, 2.75) is 91.6 Å². The van der Waals surface area contributed by atoms with Crippen LogP contribution in [-0.4, -0.2) is 22.9 Å². The molecule has 0 aliphatic heterocycles. The van der Waals surface area contributed by atoms with Crippen LogP contribution >= 0.6 is 0 Å². The highest BCUT2D eigenvalue weighted by molar-refractivity contribution is 5.11. The van der Waals surface area contributed by atoms with Gasteiger partial charge in [-0.2, -0.15) is 0 Å². The average molecular weight is 363 g/mol. The van der Waals surface area contributed by atoms with Gasteiger partial charge in [-0.1, -0.05) is 34.1 Å². The molecule has 0 aromatic rings. The fourth-order valence-electron chi connectivity index (χ4n) is 9.04. The third-order valence-corrected chi connectivity index (χ3v) is 10.4. The molecule has 2 nitrogen and oxygen atoms in total. The number of hydrogen-bond donors (Lipinski definition) is 2. The van der Waals surface area contributed by atoms with Crippen LogP contribution in [0.5, 0.6) is 0 Å². The van der Waals surface area contributed by atoms with E-state index >= 15 is 0 Å². The monoisotopic (exact) mass is 362 g/mol. The van der Waals surface area contributed by atoms with E-state index in [1.54, 1.807) is 0 Å².